The number of aromatic nitrogens is 1. The molecule has 0 spiro atoms. The summed E-state index contributed by atoms with van der Waals surface area (Å²) in [7, 11) is 3.58. The standard InChI is InChI=1S/C25H26FN3O/c1-28(2)24(30)25(23-14-7-8-16-27-23)15-9-17-29(25)18-19-10-3-4-11-20(19)21-12-5-6-13-22(21)26/h3-8,10-14,16H,9,15,17-18H2,1-2H3/t25-/m1/s1. The molecule has 0 saturated carbocycles. The fraction of sp³-hybridized carbons (Fsp3) is 0.280. The first-order valence-corrected chi connectivity index (χ1v) is 10.2. The van der Waals surface area contributed by atoms with Crippen molar-refractivity contribution < 1.29 is 9.18 Å². The lowest BCUT2D eigenvalue weighted by atomic mass is 9.88. The molecule has 0 bridgehead atoms. The molecule has 2 heterocycles. The first-order chi connectivity index (χ1) is 14.5. The van der Waals surface area contributed by atoms with E-state index >= 15 is 0 Å². The van der Waals surface area contributed by atoms with Crippen LogP contribution in [0, 0.1) is 5.82 Å². The maximum absolute atomic E-state index is 14.5. The zero-order valence-corrected chi connectivity index (χ0v) is 17.4. The van der Waals surface area contributed by atoms with E-state index < -0.39 is 5.54 Å². The van der Waals surface area contributed by atoms with Crippen LogP contribution in [-0.4, -0.2) is 41.3 Å². The molecule has 5 heteroatoms. The van der Waals surface area contributed by atoms with E-state index in [1.807, 2.05) is 48.5 Å². The molecule has 4 rings (SSSR count). The van der Waals surface area contributed by atoms with Crippen molar-refractivity contribution in [3.8, 4) is 11.1 Å². The smallest absolute Gasteiger partial charge is 0.248 e. The summed E-state index contributed by atoms with van der Waals surface area (Å²) in [6.45, 7) is 1.32. The molecule has 1 aliphatic heterocycles. The van der Waals surface area contributed by atoms with Gasteiger partial charge in [0.25, 0.3) is 0 Å². The predicted molar refractivity (Wildman–Crippen MR) is 116 cm³/mol. The molecule has 2 aromatic carbocycles. The largest absolute Gasteiger partial charge is 0.347 e. The molecule has 154 valence electrons. The minimum atomic E-state index is -0.812. The number of benzene rings is 2. The van der Waals surface area contributed by atoms with Gasteiger partial charge in [-0.05, 0) is 48.7 Å². The van der Waals surface area contributed by atoms with Gasteiger partial charge >= 0.3 is 0 Å². The van der Waals surface area contributed by atoms with Gasteiger partial charge < -0.3 is 4.90 Å². The molecule has 3 aromatic rings. The Labute approximate surface area is 177 Å². The van der Waals surface area contributed by atoms with Gasteiger partial charge in [0, 0.05) is 32.4 Å². The topological polar surface area (TPSA) is 36.4 Å². The van der Waals surface area contributed by atoms with E-state index in [9.17, 15) is 9.18 Å². The van der Waals surface area contributed by atoms with Crippen molar-refractivity contribution in [1.82, 2.24) is 14.8 Å². The van der Waals surface area contributed by atoms with E-state index in [4.69, 9.17) is 0 Å². The molecule has 1 amide bonds. The van der Waals surface area contributed by atoms with E-state index in [0.717, 1.165) is 29.8 Å². The third-order valence-electron chi connectivity index (χ3n) is 5.90. The SMILES string of the molecule is CN(C)C(=O)[C@]1(c2ccccn2)CCCN1Cc1ccccc1-c1ccccc1F. The molecule has 1 atom stereocenters. The average Bonchev–Trinajstić information content (AvgIpc) is 3.19. The number of nitrogens with zero attached hydrogens (tertiary/aromatic N) is 3. The van der Waals surface area contributed by atoms with Crippen LogP contribution in [0.25, 0.3) is 11.1 Å². The summed E-state index contributed by atoms with van der Waals surface area (Å²) in [5.74, 6) is -0.214. The number of rotatable bonds is 5. The molecular formula is C25H26FN3O. The number of likely N-dealkylation sites (N-methyl/N-ethyl adjacent to an activating group) is 1. The highest BCUT2D eigenvalue weighted by atomic mass is 19.1. The van der Waals surface area contributed by atoms with Gasteiger partial charge in [-0.25, -0.2) is 4.39 Å². The second-order valence-electron chi connectivity index (χ2n) is 7.94. The van der Waals surface area contributed by atoms with E-state index in [-0.39, 0.29) is 11.7 Å². The molecule has 0 unspecified atom stereocenters. The molecule has 1 aliphatic rings. The van der Waals surface area contributed by atoms with Gasteiger partial charge in [0.05, 0.1) is 5.69 Å². The average molecular weight is 404 g/mol. The van der Waals surface area contributed by atoms with Gasteiger partial charge in [-0.2, -0.15) is 0 Å². The van der Waals surface area contributed by atoms with Crippen molar-refractivity contribution in [2.45, 2.75) is 24.9 Å². The van der Waals surface area contributed by atoms with Gasteiger partial charge in [0.15, 0.2) is 0 Å². The summed E-state index contributed by atoms with van der Waals surface area (Å²) in [5.41, 5.74) is 2.39. The summed E-state index contributed by atoms with van der Waals surface area (Å²) >= 11 is 0. The third kappa shape index (κ3) is 3.50. The van der Waals surface area contributed by atoms with Crippen LogP contribution in [0.3, 0.4) is 0 Å². The van der Waals surface area contributed by atoms with Crippen LogP contribution >= 0.6 is 0 Å². The first kappa shape index (κ1) is 20.2. The van der Waals surface area contributed by atoms with Gasteiger partial charge in [-0.15, -0.1) is 0 Å². The molecular weight excluding hydrogens is 377 g/mol. The van der Waals surface area contributed by atoms with Crippen LogP contribution in [0.15, 0.2) is 72.9 Å². The number of carbonyl (C=O) groups is 1. The molecule has 1 saturated heterocycles. The van der Waals surface area contributed by atoms with Gasteiger partial charge in [0.2, 0.25) is 5.91 Å². The Morgan fingerprint density at radius 1 is 1.03 bits per heavy atom. The number of likely N-dealkylation sites (tertiary alicyclic amines) is 1. The Kier molecular flexibility index (Phi) is 5.64. The van der Waals surface area contributed by atoms with Crippen LogP contribution in [0.4, 0.5) is 4.39 Å². The monoisotopic (exact) mass is 403 g/mol. The highest BCUT2D eigenvalue weighted by molar-refractivity contribution is 5.87. The second kappa shape index (κ2) is 8.36. The first-order valence-electron chi connectivity index (χ1n) is 10.2. The van der Waals surface area contributed by atoms with E-state index in [1.165, 1.54) is 6.07 Å². The Hall–Kier alpha value is -3.05. The predicted octanol–water partition coefficient (Wildman–Crippen LogP) is 4.47. The quantitative estimate of drug-likeness (QED) is 0.631. The van der Waals surface area contributed by atoms with Gasteiger partial charge in [0.1, 0.15) is 11.4 Å². The molecule has 4 nitrogen and oxygen atoms in total. The van der Waals surface area contributed by atoms with Crippen molar-refractivity contribution >= 4 is 5.91 Å². The number of hydrogen-bond acceptors (Lipinski definition) is 3. The molecule has 0 N–H and O–H groups in total. The number of hydrogen-bond donors (Lipinski definition) is 0. The van der Waals surface area contributed by atoms with Crippen LogP contribution < -0.4 is 0 Å². The molecule has 30 heavy (non-hydrogen) atoms. The van der Waals surface area contributed by atoms with Crippen molar-refractivity contribution in [3.05, 3.63) is 90.0 Å². The summed E-state index contributed by atoms with van der Waals surface area (Å²) in [4.78, 5) is 21.9. The highest BCUT2D eigenvalue weighted by Gasteiger charge is 2.50. The lowest BCUT2D eigenvalue weighted by Crippen LogP contribution is -2.52. The van der Waals surface area contributed by atoms with Crippen molar-refractivity contribution in [3.63, 3.8) is 0 Å². The van der Waals surface area contributed by atoms with Crippen LogP contribution in [0.1, 0.15) is 24.1 Å². The lowest BCUT2D eigenvalue weighted by Gasteiger charge is -2.38. The van der Waals surface area contributed by atoms with Gasteiger partial charge in [-0.1, -0.05) is 48.5 Å². The zero-order valence-electron chi connectivity index (χ0n) is 17.4. The zero-order chi connectivity index (χ0) is 21.1. The maximum Gasteiger partial charge on any atom is 0.248 e. The summed E-state index contributed by atoms with van der Waals surface area (Å²) in [6.07, 6.45) is 3.35. The third-order valence-corrected chi connectivity index (χ3v) is 5.90. The number of pyridine rings is 1. The lowest BCUT2D eigenvalue weighted by molar-refractivity contribution is -0.141. The summed E-state index contributed by atoms with van der Waals surface area (Å²) in [6, 6.07) is 20.4. The Morgan fingerprint density at radius 3 is 2.43 bits per heavy atom. The number of amides is 1. The highest BCUT2D eigenvalue weighted by Crippen LogP contribution is 2.41. The Morgan fingerprint density at radius 2 is 1.73 bits per heavy atom. The summed E-state index contributed by atoms with van der Waals surface area (Å²) in [5, 5.41) is 0. The molecule has 1 aromatic heterocycles. The summed E-state index contributed by atoms with van der Waals surface area (Å²) < 4.78 is 14.5. The number of carbonyl (C=O) groups excluding carboxylic acids is 1. The normalized spacial score (nSPS) is 19.0. The second-order valence-corrected chi connectivity index (χ2v) is 7.94. The van der Waals surface area contributed by atoms with E-state index in [1.54, 1.807) is 37.3 Å². The Bertz CT molecular complexity index is 1040. The Balaban J connectivity index is 1.78. The van der Waals surface area contributed by atoms with Gasteiger partial charge in [-0.3, -0.25) is 14.7 Å². The van der Waals surface area contributed by atoms with Crippen LogP contribution in [-0.2, 0) is 16.9 Å². The number of halogens is 1. The fourth-order valence-corrected chi connectivity index (χ4v) is 4.51. The van der Waals surface area contributed by atoms with Crippen molar-refractivity contribution in [1.29, 1.82) is 0 Å². The fourth-order valence-electron chi connectivity index (χ4n) is 4.51. The minimum Gasteiger partial charge on any atom is -0.347 e. The minimum absolute atomic E-state index is 0.0297. The molecule has 1 fully saturated rings. The van der Waals surface area contributed by atoms with Crippen LogP contribution in [0.2, 0.25) is 0 Å². The van der Waals surface area contributed by atoms with Crippen molar-refractivity contribution in [2.24, 2.45) is 0 Å². The van der Waals surface area contributed by atoms with Crippen LogP contribution in [0.5, 0.6) is 0 Å². The van der Waals surface area contributed by atoms with E-state index in [0.29, 0.717) is 18.5 Å². The maximum atomic E-state index is 14.5. The van der Waals surface area contributed by atoms with Crippen molar-refractivity contribution in [2.75, 3.05) is 20.6 Å². The van der Waals surface area contributed by atoms with E-state index in [2.05, 4.69) is 9.88 Å². The molecule has 0 radical (unpaired) electrons. The molecule has 0 aliphatic carbocycles.